The maximum atomic E-state index is 12.1. The van der Waals surface area contributed by atoms with E-state index >= 15 is 0 Å². The van der Waals surface area contributed by atoms with Gasteiger partial charge in [-0.15, -0.1) is 0 Å². The van der Waals surface area contributed by atoms with E-state index in [1.54, 1.807) is 0 Å². The summed E-state index contributed by atoms with van der Waals surface area (Å²) in [7, 11) is 5.83. The smallest absolute Gasteiger partial charge is 0.306 e. The molecule has 0 saturated carbocycles. The van der Waals surface area contributed by atoms with Crippen LogP contribution < -0.4 is 5.11 Å². The maximum absolute atomic E-state index is 12.1. The van der Waals surface area contributed by atoms with Crippen molar-refractivity contribution in [1.82, 2.24) is 0 Å². The van der Waals surface area contributed by atoms with E-state index in [1.165, 1.54) is 32.1 Å². The molecule has 0 rings (SSSR count). The fourth-order valence-electron chi connectivity index (χ4n) is 2.83. The van der Waals surface area contributed by atoms with E-state index in [9.17, 15) is 14.7 Å². The molecule has 24 heavy (non-hydrogen) atoms. The minimum Gasteiger partial charge on any atom is -0.550 e. The number of aliphatic carboxylic acids is 1. The molecule has 0 fully saturated rings. The van der Waals surface area contributed by atoms with Crippen LogP contribution >= 0.6 is 0 Å². The number of carbonyl (C=O) groups is 2. The zero-order valence-corrected chi connectivity index (χ0v) is 16.3. The number of rotatable bonds is 14. The number of quaternary nitrogens is 1. The zero-order chi connectivity index (χ0) is 18.6. The van der Waals surface area contributed by atoms with Gasteiger partial charge in [0.05, 0.1) is 21.1 Å². The van der Waals surface area contributed by atoms with Crippen molar-refractivity contribution in [1.29, 1.82) is 0 Å². The van der Waals surface area contributed by atoms with Crippen molar-refractivity contribution in [2.24, 2.45) is 5.92 Å². The number of likely N-dealkylation sites (N-methyl/N-ethyl adjacent to an activating group) is 1. The first-order valence-electron chi connectivity index (χ1n) is 9.33. The van der Waals surface area contributed by atoms with Crippen molar-refractivity contribution in [3.63, 3.8) is 0 Å². The lowest BCUT2D eigenvalue weighted by Crippen LogP contribution is -2.45. The fourth-order valence-corrected chi connectivity index (χ4v) is 2.83. The van der Waals surface area contributed by atoms with Crippen LogP contribution in [0.5, 0.6) is 0 Å². The van der Waals surface area contributed by atoms with E-state index in [0.29, 0.717) is 17.4 Å². The van der Waals surface area contributed by atoms with E-state index in [-0.39, 0.29) is 18.3 Å². The summed E-state index contributed by atoms with van der Waals surface area (Å²) < 4.78 is 5.93. The van der Waals surface area contributed by atoms with E-state index in [1.807, 2.05) is 21.1 Å². The standard InChI is InChI=1S/C19H37NO4/c1-6-7-8-9-10-11-12-16(2)13-19(23)24-17(14-18(21)22)15-20(3,4)5/h16-17H,6-15H2,1-5H3. The molecule has 5 heteroatoms. The Morgan fingerprint density at radius 2 is 1.58 bits per heavy atom. The van der Waals surface area contributed by atoms with Gasteiger partial charge in [-0.2, -0.15) is 0 Å². The summed E-state index contributed by atoms with van der Waals surface area (Å²) in [6.07, 6.45) is 7.98. The molecule has 142 valence electrons. The van der Waals surface area contributed by atoms with Gasteiger partial charge in [-0.1, -0.05) is 58.8 Å². The fraction of sp³-hybridized carbons (Fsp3) is 0.895. The molecule has 0 heterocycles. The summed E-state index contributed by atoms with van der Waals surface area (Å²) in [4.78, 5) is 22.9. The second-order valence-corrected chi connectivity index (χ2v) is 8.03. The SMILES string of the molecule is CCCCCCCCC(C)CC(=O)OC(CC(=O)[O-])C[N+](C)(C)C. The van der Waals surface area contributed by atoms with Crippen LogP contribution in [-0.2, 0) is 14.3 Å². The highest BCUT2D eigenvalue weighted by atomic mass is 16.5. The molecule has 0 aliphatic rings. The Morgan fingerprint density at radius 1 is 1.00 bits per heavy atom. The van der Waals surface area contributed by atoms with Gasteiger partial charge < -0.3 is 19.1 Å². The van der Waals surface area contributed by atoms with Crippen LogP contribution in [0.15, 0.2) is 0 Å². The van der Waals surface area contributed by atoms with E-state index < -0.39 is 12.1 Å². The molecule has 0 aliphatic carbocycles. The highest BCUT2D eigenvalue weighted by Gasteiger charge is 2.23. The van der Waals surface area contributed by atoms with Crippen LogP contribution in [0.3, 0.4) is 0 Å². The molecule has 0 saturated heterocycles. The van der Waals surface area contributed by atoms with Crippen LogP contribution in [0.1, 0.15) is 71.6 Å². The van der Waals surface area contributed by atoms with Gasteiger partial charge >= 0.3 is 5.97 Å². The van der Waals surface area contributed by atoms with Crippen LogP contribution in [0.25, 0.3) is 0 Å². The lowest BCUT2D eigenvalue weighted by molar-refractivity contribution is -0.873. The summed E-state index contributed by atoms with van der Waals surface area (Å²) in [6, 6.07) is 0. The Hall–Kier alpha value is -1.10. The highest BCUT2D eigenvalue weighted by molar-refractivity contribution is 5.71. The van der Waals surface area contributed by atoms with Crippen LogP contribution in [-0.4, -0.2) is 50.2 Å². The Bertz CT molecular complexity index is 363. The van der Waals surface area contributed by atoms with Crippen molar-refractivity contribution < 1.29 is 23.9 Å². The average molecular weight is 344 g/mol. The van der Waals surface area contributed by atoms with Gasteiger partial charge in [-0.25, -0.2) is 0 Å². The predicted molar refractivity (Wildman–Crippen MR) is 94.2 cm³/mol. The van der Waals surface area contributed by atoms with Gasteiger partial charge in [-0.05, 0) is 5.92 Å². The van der Waals surface area contributed by atoms with Crippen LogP contribution in [0.2, 0.25) is 0 Å². The van der Waals surface area contributed by atoms with Gasteiger partial charge in [0.25, 0.3) is 0 Å². The van der Waals surface area contributed by atoms with E-state index in [4.69, 9.17) is 4.74 Å². The monoisotopic (exact) mass is 343 g/mol. The highest BCUT2D eigenvalue weighted by Crippen LogP contribution is 2.16. The largest absolute Gasteiger partial charge is 0.550 e. The number of carbonyl (C=O) groups excluding carboxylic acids is 2. The third-order valence-electron chi connectivity index (χ3n) is 4.01. The summed E-state index contributed by atoms with van der Waals surface area (Å²) in [5, 5.41) is 10.8. The molecule has 0 aliphatic heterocycles. The lowest BCUT2D eigenvalue weighted by atomic mass is 9.99. The normalized spacial score (nSPS) is 14.2. The number of carboxylic acid groups (broad SMARTS) is 1. The Morgan fingerprint density at radius 3 is 2.12 bits per heavy atom. The number of ether oxygens (including phenoxy) is 1. The Balaban J connectivity index is 4.10. The molecule has 0 amide bonds. The van der Waals surface area contributed by atoms with Crippen LogP contribution in [0, 0.1) is 5.92 Å². The molecule has 0 aromatic carbocycles. The Labute approximate surface area is 148 Å². The third kappa shape index (κ3) is 14.5. The number of unbranched alkanes of at least 4 members (excludes halogenated alkanes) is 5. The number of carboxylic acids is 1. The molecule has 0 radical (unpaired) electrons. The average Bonchev–Trinajstić information content (AvgIpc) is 2.39. The van der Waals surface area contributed by atoms with Gasteiger partial charge in [0.2, 0.25) is 0 Å². The minimum absolute atomic E-state index is 0.243. The number of nitrogens with zero attached hydrogens (tertiary/aromatic N) is 1. The number of esters is 1. The second-order valence-electron chi connectivity index (χ2n) is 8.03. The lowest BCUT2D eigenvalue weighted by Gasteiger charge is -2.29. The van der Waals surface area contributed by atoms with Gasteiger partial charge in [-0.3, -0.25) is 4.79 Å². The van der Waals surface area contributed by atoms with Crippen molar-refractivity contribution >= 4 is 11.9 Å². The number of hydrogen-bond acceptors (Lipinski definition) is 4. The summed E-state index contributed by atoms with van der Waals surface area (Å²) >= 11 is 0. The van der Waals surface area contributed by atoms with Crippen molar-refractivity contribution in [3.8, 4) is 0 Å². The molecule has 5 nitrogen and oxygen atoms in total. The van der Waals surface area contributed by atoms with Gasteiger partial charge in [0, 0.05) is 18.8 Å². The summed E-state index contributed by atoms with van der Waals surface area (Å²) in [5.74, 6) is -1.20. The molecule has 2 unspecified atom stereocenters. The maximum Gasteiger partial charge on any atom is 0.306 e. The van der Waals surface area contributed by atoms with Gasteiger partial charge in [0.1, 0.15) is 6.54 Å². The summed E-state index contributed by atoms with van der Waals surface area (Å²) in [6.45, 7) is 4.73. The van der Waals surface area contributed by atoms with E-state index in [2.05, 4.69) is 13.8 Å². The Kier molecular flexibility index (Phi) is 11.7. The minimum atomic E-state index is -1.18. The zero-order valence-electron chi connectivity index (χ0n) is 16.3. The van der Waals surface area contributed by atoms with Gasteiger partial charge in [0.15, 0.2) is 6.10 Å². The molecule has 0 aromatic rings. The topological polar surface area (TPSA) is 66.4 Å². The second kappa shape index (κ2) is 12.3. The first kappa shape index (κ1) is 22.9. The van der Waals surface area contributed by atoms with E-state index in [0.717, 1.165) is 12.8 Å². The molecular formula is C19H37NO4. The van der Waals surface area contributed by atoms with Crippen molar-refractivity contribution in [2.75, 3.05) is 27.7 Å². The first-order chi connectivity index (χ1) is 11.1. The quantitative estimate of drug-likeness (QED) is 0.276. The van der Waals surface area contributed by atoms with Crippen molar-refractivity contribution in [2.45, 2.75) is 77.7 Å². The third-order valence-corrected chi connectivity index (χ3v) is 4.01. The number of hydrogen-bond donors (Lipinski definition) is 0. The molecule has 0 aromatic heterocycles. The summed E-state index contributed by atoms with van der Waals surface area (Å²) in [5.41, 5.74) is 0. The molecule has 0 N–H and O–H groups in total. The molecule has 0 spiro atoms. The predicted octanol–water partition coefficient (Wildman–Crippen LogP) is 2.52. The molecule has 0 bridgehead atoms. The van der Waals surface area contributed by atoms with Crippen molar-refractivity contribution in [3.05, 3.63) is 0 Å². The molecular weight excluding hydrogens is 306 g/mol. The van der Waals surface area contributed by atoms with Crippen LogP contribution in [0.4, 0.5) is 0 Å². The molecule has 2 atom stereocenters. The first-order valence-corrected chi connectivity index (χ1v) is 9.33.